The van der Waals surface area contributed by atoms with Gasteiger partial charge in [0, 0.05) is 11.1 Å². The molecule has 2 atom stereocenters. The first-order valence-electron chi connectivity index (χ1n) is 9.55. The molecule has 4 heterocycles. The van der Waals surface area contributed by atoms with Crippen molar-refractivity contribution in [2.45, 2.75) is 44.7 Å². The van der Waals surface area contributed by atoms with E-state index < -0.39 is 0 Å². The molecule has 0 radical (unpaired) electrons. The molecule has 8 nitrogen and oxygen atoms in total. The van der Waals surface area contributed by atoms with Gasteiger partial charge in [0.2, 0.25) is 5.91 Å². The average Bonchev–Trinajstić information content (AvgIpc) is 3.27. The van der Waals surface area contributed by atoms with Crippen molar-refractivity contribution in [3.8, 4) is 0 Å². The lowest BCUT2D eigenvalue weighted by Crippen LogP contribution is -2.34. The van der Waals surface area contributed by atoms with Crippen LogP contribution in [0.15, 0.2) is 29.2 Å². The van der Waals surface area contributed by atoms with Gasteiger partial charge in [0.05, 0.1) is 22.4 Å². The molecule has 156 valence electrons. The van der Waals surface area contributed by atoms with E-state index in [1.165, 1.54) is 23.1 Å². The van der Waals surface area contributed by atoms with Gasteiger partial charge in [0.15, 0.2) is 11.5 Å². The molecule has 4 aromatic heterocycles. The van der Waals surface area contributed by atoms with E-state index in [1.54, 1.807) is 0 Å². The lowest BCUT2D eigenvalue weighted by molar-refractivity contribution is -0.121. The van der Waals surface area contributed by atoms with Gasteiger partial charge < -0.3 is 10.3 Å². The Morgan fingerprint density at radius 3 is 2.90 bits per heavy atom. The molecule has 30 heavy (non-hydrogen) atoms. The first-order valence-corrected chi connectivity index (χ1v) is 11.4. The number of pyridine rings is 1. The van der Waals surface area contributed by atoms with Crippen molar-refractivity contribution in [3.05, 3.63) is 56.8 Å². The fraction of sp³-hybridized carbons (Fsp3) is 0.350. The number of hydrogen-bond donors (Lipinski definition) is 2. The lowest BCUT2D eigenvalue weighted by Gasteiger charge is -2.16. The Bertz CT molecular complexity index is 1290. The van der Waals surface area contributed by atoms with Gasteiger partial charge in [-0.25, -0.2) is 4.98 Å². The highest BCUT2D eigenvalue weighted by atomic mass is 32.2. The standard InChI is InChI=1S/C20H22N6O2S2/c1-10-12(3)30-20-16(10)19(28)22-14(23-20)9-29-13(4)18(27)21-11(2)17-25-24-15-7-5-6-8-26(15)17/h5-8,11,13H,9H2,1-4H3,(H,21,27)(H,22,23,28). The van der Waals surface area contributed by atoms with Gasteiger partial charge in [0.25, 0.3) is 5.56 Å². The molecule has 2 unspecified atom stereocenters. The van der Waals surface area contributed by atoms with Crippen molar-refractivity contribution in [2.24, 2.45) is 0 Å². The summed E-state index contributed by atoms with van der Waals surface area (Å²) in [6.07, 6.45) is 1.87. The van der Waals surface area contributed by atoms with Gasteiger partial charge in [0.1, 0.15) is 10.7 Å². The van der Waals surface area contributed by atoms with Crippen molar-refractivity contribution in [1.29, 1.82) is 0 Å². The molecule has 0 aromatic carbocycles. The molecule has 4 rings (SSSR count). The molecule has 0 fully saturated rings. The zero-order chi connectivity index (χ0) is 21.4. The van der Waals surface area contributed by atoms with Crippen LogP contribution in [0.5, 0.6) is 0 Å². The van der Waals surface area contributed by atoms with E-state index in [2.05, 4.69) is 25.5 Å². The zero-order valence-electron chi connectivity index (χ0n) is 17.1. The lowest BCUT2D eigenvalue weighted by atomic mass is 10.2. The molecule has 0 bridgehead atoms. The minimum absolute atomic E-state index is 0.105. The van der Waals surface area contributed by atoms with E-state index in [4.69, 9.17) is 0 Å². The summed E-state index contributed by atoms with van der Waals surface area (Å²) in [7, 11) is 0. The Morgan fingerprint density at radius 2 is 2.10 bits per heavy atom. The molecule has 10 heteroatoms. The maximum atomic E-state index is 12.7. The van der Waals surface area contributed by atoms with Gasteiger partial charge in [-0.15, -0.1) is 33.3 Å². The van der Waals surface area contributed by atoms with E-state index in [0.717, 1.165) is 20.9 Å². The number of aromatic nitrogens is 5. The fourth-order valence-corrected chi connectivity index (χ4v) is 5.01. The number of amides is 1. The third kappa shape index (κ3) is 3.84. The number of thiophene rings is 1. The first-order chi connectivity index (χ1) is 14.3. The highest BCUT2D eigenvalue weighted by Crippen LogP contribution is 2.26. The number of nitrogens with one attached hydrogen (secondary N) is 2. The topological polar surface area (TPSA) is 105 Å². The molecule has 1 amide bonds. The number of thioether (sulfide) groups is 1. The SMILES string of the molecule is Cc1sc2nc(CSC(C)C(=O)NC(C)c3nnc4ccccn34)[nH]c(=O)c2c1C. The summed E-state index contributed by atoms with van der Waals surface area (Å²) in [6, 6.07) is 5.37. The average molecular weight is 443 g/mol. The largest absolute Gasteiger partial charge is 0.345 e. The van der Waals surface area contributed by atoms with Gasteiger partial charge >= 0.3 is 0 Å². The highest BCUT2D eigenvalue weighted by molar-refractivity contribution is 7.99. The Kier molecular flexibility index (Phi) is 5.61. The summed E-state index contributed by atoms with van der Waals surface area (Å²) >= 11 is 2.95. The van der Waals surface area contributed by atoms with Crippen molar-refractivity contribution in [3.63, 3.8) is 0 Å². The summed E-state index contributed by atoms with van der Waals surface area (Å²) in [5.41, 5.74) is 1.59. The van der Waals surface area contributed by atoms with Crippen LogP contribution in [0.1, 0.15) is 42.0 Å². The summed E-state index contributed by atoms with van der Waals surface area (Å²) < 4.78 is 1.86. The Morgan fingerprint density at radius 1 is 1.30 bits per heavy atom. The van der Waals surface area contributed by atoms with Crippen molar-refractivity contribution < 1.29 is 4.79 Å². The summed E-state index contributed by atoms with van der Waals surface area (Å²) in [5, 5.41) is 11.6. The molecular formula is C20H22N6O2S2. The van der Waals surface area contributed by atoms with Crippen LogP contribution in [0.2, 0.25) is 0 Å². The summed E-state index contributed by atoms with van der Waals surface area (Å²) in [5.74, 6) is 1.59. The number of H-pyrrole nitrogens is 1. The smallest absolute Gasteiger partial charge is 0.259 e. The van der Waals surface area contributed by atoms with E-state index in [0.29, 0.717) is 22.8 Å². The second kappa shape index (κ2) is 8.19. The maximum absolute atomic E-state index is 12.7. The van der Waals surface area contributed by atoms with Crippen molar-refractivity contribution in [2.75, 3.05) is 0 Å². The summed E-state index contributed by atoms with van der Waals surface area (Å²) in [4.78, 5) is 34.3. The minimum Gasteiger partial charge on any atom is -0.345 e. The van der Waals surface area contributed by atoms with Crippen LogP contribution in [0.4, 0.5) is 0 Å². The van der Waals surface area contributed by atoms with Crippen LogP contribution in [0, 0.1) is 13.8 Å². The van der Waals surface area contributed by atoms with Crippen LogP contribution in [0.3, 0.4) is 0 Å². The third-order valence-corrected chi connectivity index (χ3v) is 7.27. The van der Waals surface area contributed by atoms with Crippen molar-refractivity contribution in [1.82, 2.24) is 29.9 Å². The van der Waals surface area contributed by atoms with Crippen LogP contribution in [-0.2, 0) is 10.5 Å². The third-order valence-electron chi connectivity index (χ3n) is 5.01. The van der Waals surface area contributed by atoms with Gasteiger partial charge in [-0.3, -0.25) is 14.0 Å². The Labute approximate surface area is 181 Å². The number of hydrogen-bond acceptors (Lipinski definition) is 7. The zero-order valence-corrected chi connectivity index (χ0v) is 18.7. The highest BCUT2D eigenvalue weighted by Gasteiger charge is 2.20. The van der Waals surface area contributed by atoms with E-state index >= 15 is 0 Å². The predicted molar refractivity (Wildman–Crippen MR) is 120 cm³/mol. The quantitative estimate of drug-likeness (QED) is 0.475. The first kappa shape index (κ1) is 20.5. The van der Waals surface area contributed by atoms with E-state index in [-0.39, 0.29) is 22.8 Å². The monoisotopic (exact) mass is 442 g/mol. The van der Waals surface area contributed by atoms with Crippen molar-refractivity contribution >= 4 is 44.9 Å². The number of rotatable bonds is 6. The molecular weight excluding hydrogens is 420 g/mol. The number of nitrogens with zero attached hydrogens (tertiary/aromatic N) is 4. The molecule has 0 aliphatic heterocycles. The van der Waals surface area contributed by atoms with Crippen LogP contribution in [-0.4, -0.2) is 35.7 Å². The van der Waals surface area contributed by atoms with E-state index in [9.17, 15) is 9.59 Å². The Balaban J connectivity index is 1.41. The minimum atomic E-state index is -0.320. The predicted octanol–water partition coefficient (Wildman–Crippen LogP) is 3.14. The number of aromatic amines is 1. The molecule has 0 saturated heterocycles. The number of aryl methyl sites for hydroxylation is 2. The van der Waals surface area contributed by atoms with Gasteiger partial charge in [-0.1, -0.05) is 6.07 Å². The summed E-state index contributed by atoms with van der Waals surface area (Å²) in [6.45, 7) is 7.64. The molecule has 4 aromatic rings. The van der Waals surface area contributed by atoms with E-state index in [1.807, 2.05) is 56.5 Å². The molecule has 0 saturated carbocycles. The van der Waals surface area contributed by atoms with Crippen LogP contribution < -0.4 is 10.9 Å². The second-order valence-electron chi connectivity index (χ2n) is 7.15. The maximum Gasteiger partial charge on any atom is 0.259 e. The van der Waals surface area contributed by atoms with Gasteiger partial charge in [-0.05, 0) is 45.4 Å². The number of fused-ring (bicyclic) bond motifs is 2. The normalized spacial score (nSPS) is 13.6. The molecule has 0 spiro atoms. The molecule has 2 N–H and O–H groups in total. The Hall–Kier alpha value is -2.72. The molecule has 0 aliphatic rings. The number of carbonyl (C=O) groups excluding carboxylic acids is 1. The fourth-order valence-electron chi connectivity index (χ4n) is 3.20. The molecule has 0 aliphatic carbocycles. The van der Waals surface area contributed by atoms with Gasteiger partial charge in [-0.2, -0.15) is 0 Å². The van der Waals surface area contributed by atoms with Crippen LogP contribution in [0.25, 0.3) is 15.9 Å². The second-order valence-corrected chi connectivity index (χ2v) is 9.68. The van der Waals surface area contributed by atoms with Crippen LogP contribution >= 0.6 is 23.1 Å². The number of carbonyl (C=O) groups is 1.